The molecule has 0 aliphatic rings. The lowest BCUT2D eigenvalue weighted by Crippen LogP contribution is -2.58. The second-order valence-electron chi connectivity index (χ2n) is 3.38. The molecule has 9 heteroatoms. The van der Waals surface area contributed by atoms with Crippen LogP contribution in [0, 0.1) is 0 Å². The molecule has 0 radical (unpaired) electrons. The topological polar surface area (TPSA) is 166 Å². The van der Waals surface area contributed by atoms with Gasteiger partial charge >= 0.3 is 0 Å². The van der Waals surface area contributed by atoms with E-state index in [9.17, 15) is 29.4 Å². The molecule has 0 aromatic rings. The first-order valence-corrected chi connectivity index (χ1v) is 5.12. The number of carbonyl (C=O) groups is 4. The maximum absolute atomic E-state index is 11.2. The van der Waals surface area contributed by atoms with Crippen LogP contribution in [0.4, 0.5) is 0 Å². The van der Waals surface area contributed by atoms with Crippen LogP contribution in [0.3, 0.4) is 0 Å². The molecular weight excluding hydrogens is 246 g/mol. The van der Waals surface area contributed by atoms with Gasteiger partial charge in [-0.15, -0.1) is 0 Å². The summed E-state index contributed by atoms with van der Waals surface area (Å²) in [4.78, 5) is 42.8. The predicted octanol–water partition coefficient (Wildman–Crippen LogP) is -5.89. The van der Waals surface area contributed by atoms with Gasteiger partial charge in [0.05, 0.1) is 18.6 Å². The molecule has 1 atom stereocenters. The third kappa shape index (κ3) is 7.17. The maximum Gasteiger partial charge on any atom is 0.275 e. The number of hydrogen-bond acceptors (Lipinski definition) is 6. The normalized spacial score (nSPS) is 11.4. The standard InChI is InChI=1S/C9H15N3O6/c10-3-6(13)11-4-7(14)12-5(9(17)18)1-2-8(15)16/h5H,1-4,10H2,(H,11,13)(H,12,14)(H,15,16)(H,17,18)/p-1/t5-/m0/s1. The van der Waals surface area contributed by atoms with E-state index in [-0.39, 0.29) is 13.0 Å². The lowest BCUT2D eigenvalue weighted by molar-refractivity contribution is -0.355. The van der Waals surface area contributed by atoms with Crippen LogP contribution in [0.25, 0.3) is 0 Å². The van der Waals surface area contributed by atoms with Gasteiger partial charge in [0.25, 0.3) is 5.91 Å². The van der Waals surface area contributed by atoms with Crippen LogP contribution in [-0.2, 0) is 19.2 Å². The molecule has 5 N–H and O–H groups in total. The first-order valence-electron chi connectivity index (χ1n) is 5.12. The van der Waals surface area contributed by atoms with Gasteiger partial charge in [0.1, 0.15) is 0 Å². The SMILES string of the molecule is [NH3+]CC(=O)NCC(=O)N[C@@H](CCC(=O)[O-])C(=O)[O-]. The number of carboxylic acids is 2. The van der Waals surface area contributed by atoms with Gasteiger partial charge in [0.15, 0.2) is 6.54 Å². The Hall–Kier alpha value is -2.16. The summed E-state index contributed by atoms with van der Waals surface area (Å²) in [6.45, 7) is -0.467. The quantitative estimate of drug-likeness (QED) is 0.393. The lowest BCUT2D eigenvalue weighted by atomic mass is 10.1. The van der Waals surface area contributed by atoms with E-state index in [1.54, 1.807) is 0 Å². The zero-order chi connectivity index (χ0) is 14.1. The first-order chi connectivity index (χ1) is 8.36. The fourth-order valence-electron chi connectivity index (χ4n) is 1.02. The van der Waals surface area contributed by atoms with E-state index in [0.29, 0.717) is 0 Å². The van der Waals surface area contributed by atoms with Crippen LogP contribution in [0.15, 0.2) is 0 Å². The van der Waals surface area contributed by atoms with E-state index in [2.05, 4.69) is 11.1 Å². The minimum atomic E-state index is -1.60. The Kier molecular flexibility index (Phi) is 7.05. The Balaban J connectivity index is 4.15. The van der Waals surface area contributed by atoms with Crippen molar-refractivity contribution in [3.05, 3.63) is 0 Å². The highest BCUT2D eigenvalue weighted by molar-refractivity contribution is 5.87. The largest absolute Gasteiger partial charge is 0.550 e. The summed E-state index contributed by atoms with van der Waals surface area (Å²) in [5.74, 6) is -4.26. The van der Waals surface area contributed by atoms with Crippen LogP contribution in [0.5, 0.6) is 0 Å². The summed E-state index contributed by atoms with van der Waals surface area (Å²) in [5, 5.41) is 25.0. The molecule has 9 nitrogen and oxygen atoms in total. The number of rotatable bonds is 8. The molecular formula is C9H14N3O6-. The third-order valence-electron chi connectivity index (χ3n) is 1.93. The summed E-state index contributed by atoms with van der Waals surface area (Å²) in [6, 6.07) is -1.44. The van der Waals surface area contributed by atoms with E-state index in [4.69, 9.17) is 0 Å². The molecule has 0 rings (SSSR count). The van der Waals surface area contributed by atoms with Crippen LogP contribution < -0.4 is 26.6 Å². The van der Waals surface area contributed by atoms with Crippen molar-refractivity contribution in [2.75, 3.05) is 13.1 Å². The van der Waals surface area contributed by atoms with E-state index in [1.807, 2.05) is 5.32 Å². The van der Waals surface area contributed by atoms with Crippen molar-refractivity contribution in [1.29, 1.82) is 0 Å². The molecule has 0 unspecified atom stereocenters. The molecule has 0 bridgehead atoms. The number of carbonyl (C=O) groups excluding carboxylic acids is 4. The molecule has 0 aliphatic carbocycles. The number of hydrogen-bond donors (Lipinski definition) is 3. The number of amides is 2. The first kappa shape index (κ1) is 15.8. The Morgan fingerprint density at radius 2 is 1.72 bits per heavy atom. The molecule has 0 aliphatic heterocycles. The van der Waals surface area contributed by atoms with Gasteiger partial charge in [-0.1, -0.05) is 0 Å². The Labute approximate surface area is 102 Å². The van der Waals surface area contributed by atoms with E-state index in [1.165, 1.54) is 0 Å². The van der Waals surface area contributed by atoms with Gasteiger partial charge in [-0.25, -0.2) is 0 Å². The average Bonchev–Trinajstić information content (AvgIpc) is 2.30. The second-order valence-corrected chi connectivity index (χ2v) is 3.38. The smallest absolute Gasteiger partial charge is 0.275 e. The zero-order valence-electron chi connectivity index (χ0n) is 9.56. The molecule has 0 saturated carbocycles. The fourth-order valence-corrected chi connectivity index (χ4v) is 1.02. The van der Waals surface area contributed by atoms with Gasteiger partial charge in [-0.2, -0.15) is 0 Å². The molecule has 18 heavy (non-hydrogen) atoms. The summed E-state index contributed by atoms with van der Waals surface area (Å²) in [7, 11) is 0. The van der Waals surface area contributed by atoms with Crippen LogP contribution >= 0.6 is 0 Å². The molecule has 0 heterocycles. The molecule has 102 valence electrons. The zero-order valence-corrected chi connectivity index (χ0v) is 9.56. The summed E-state index contributed by atoms with van der Waals surface area (Å²) in [6.07, 6.45) is -0.871. The predicted molar refractivity (Wildman–Crippen MR) is 51.9 cm³/mol. The number of quaternary nitrogens is 1. The van der Waals surface area contributed by atoms with Crippen LogP contribution in [0.2, 0.25) is 0 Å². The molecule has 0 saturated heterocycles. The van der Waals surface area contributed by atoms with E-state index < -0.39 is 42.8 Å². The van der Waals surface area contributed by atoms with E-state index >= 15 is 0 Å². The van der Waals surface area contributed by atoms with Crippen LogP contribution in [0.1, 0.15) is 12.8 Å². The van der Waals surface area contributed by atoms with E-state index in [0.717, 1.165) is 0 Å². The van der Waals surface area contributed by atoms with Crippen molar-refractivity contribution < 1.29 is 35.1 Å². The van der Waals surface area contributed by atoms with Crippen molar-refractivity contribution >= 4 is 23.8 Å². The second kappa shape index (κ2) is 8.01. The maximum atomic E-state index is 11.2. The number of carboxylic acid groups (broad SMARTS) is 2. The molecule has 2 amide bonds. The van der Waals surface area contributed by atoms with Crippen molar-refractivity contribution in [2.45, 2.75) is 18.9 Å². The highest BCUT2D eigenvalue weighted by atomic mass is 16.4. The van der Waals surface area contributed by atoms with Crippen molar-refractivity contribution in [3.8, 4) is 0 Å². The van der Waals surface area contributed by atoms with Gasteiger partial charge in [0.2, 0.25) is 5.91 Å². The van der Waals surface area contributed by atoms with Gasteiger partial charge < -0.3 is 36.2 Å². The number of aliphatic carboxylic acids is 2. The molecule has 0 aromatic heterocycles. The Morgan fingerprint density at radius 1 is 1.11 bits per heavy atom. The van der Waals surface area contributed by atoms with Gasteiger partial charge in [0, 0.05) is 5.97 Å². The monoisotopic (exact) mass is 260 g/mol. The summed E-state index contributed by atoms with van der Waals surface area (Å²) in [5.41, 5.74) is 3.28. The lowest BCUT2D eigenvalue weighted by Gasteiger charge is -2.19. The number of nitrogens with one attached hydrogen (secondary N) is 2. The van der Waals surface area contributed by atoms with Crippen molar-refractivity contribution in [1.82, 2.24) is 10.6 Å². The van der Waals surface area contributed by atoms with Gasteiger partial charge in [-0.05, 0) is 12.8 Å². The minimum Gasteiger partial charge on any atom is -0.550 e. The fraction of sp³-hybridized carbons (Fsp3) is 0.556. The highest BCUT2D eigenvalue weighted by Gasteiger charge is 2.14. The highest BCUT2D eigenvalue weighted by Crippen LogP contribution is 1.95. The minimum absolute atomic E-state index is 0.0537. The third-order valence-corrected chi connectivity index (χ3v) is 1.93. The Morgan fingerprint density at radius 3 is 2.17 bits per heavy atom. The summed E-state index contributed by atoms with van der Waals surface area (Å²) < 4.78 is 0. The summed E-state index contributed by atoms with van der Waals surface area (Å²) >= 11 is 0. The van der Waals surface area contributed by atoms with Gasteiger partial charge in [-0.3, -0.25) is 9.59 Å². The van der Waals surface area contributed by atoms with Crippen LogP contribution in [-0.4, -0.2) is 42.9 Å². The molecule has 0 spiro atoms. The average molecular weight is 260 g/mol. The van der Waals surface area contributed by atoms with Crippen molar-refractivity contribution in [3.63, 3.8) is 0 Å². The molecule has 0 aromatic carbocycles. The molecule has 0 fully saturated rings. The van der Waals surface area contributed by atoms with Crippen molar-refractivity contribution in [2.24, 2.45) is 0 Å². The Bertz CT molecular complexity index is 343.